The van der Waals surface area contributed by atoms with E-state index in [0.717, 1.165) is 7.11 Å². The van der Waals surface area contributed by atoms with Crippen LogP contribution in [-0.2, 0) is 19.1 Å². The molecule has 0 aliphatic rings. The van der Waals surface area contributed by atoms with Crippen LogP contribution in [-0.4, -0.2) is 15.5 Å². The molecule has 37 valence electrons. The van der Waals surface area contributed by atoms with Crippen molar-refractivity contribution < 1.29 is 17.2 Å². The summed E-state index contributed by atoms with van der Waals surface area (Å²) in [6.07, 6.45) is 0. The van der Waals surface area contributed by atoms with Crippen molar-refractivity contribution in [2.75, 3.05) is 7.11 Å². The molecule has 0 fully saturated rings. The van der Waals surface area contributed by atoms with Crippen LogP contribution in [0, 0.1) is 0 Å². The molecule has 0 saturated heterocycles. The molecule has 1 radical (unpaired) electrons. The number of rotatable bonds is 1. The van der Waals surface area contributed by atoms with Gasteiger partial charge in [0.15, 0.2) is 0 Å². The largest absolute Gasteiger partial charge is 0.427 e. The van der Waals surface area contributed by atoms with Crippen LogP contribution in [0.5, 0.6) is 0 Å². The topological polar surface area (TPSA) is 63.3 Å². The standard InChI is InChI=1S/CH3O4S/c1-5-6(2,3)4/h1H3. The molecule has 0 heterocycles. The fourth-order valence-electron chi connectivity index (χ4n) is 0. The molecule has 0 amide bonds. The van der Waals surface area contributed by atoms with Gasteiger partial charge in [-0.3, -0.25) is 0 Å². The van der Waals surface area contributed by atoms with Gasteiger partial charge in [0.05, 0.1) is 7.11 Å². The SMILES string of the molecule is COS([O])(=O)=O. The second kappa shape index (κ2) is 1.55. The molecule has 0 N–H and O–H groups in total. The van der Waals surface area contributed by atoms with Crippen molar-refractivity contribution in [2.24, 2.45) is 0 Å². The van der Waals surface area contributed by atoms with E-state index in [9.17, 15) is 13.0 Å². The second-order valence-electron chi connectivity index (χ2n) is 0.575. The van der Waals surface area contributed by atoms with Gasteiger partial charge in [0.1, 0.15) is 0 Å². The lowest BCUT2D eigenvalue weighted by atomic mass is 11.8. The molecule has 4 nitrogen and oxygen atoms in total. The molecular weight excluding hydrogens is 108 g/mol. The highest BCUT2D eigenvalue weighted by Crippen LogP contribution is 1.76. The monoisotopic (exact) mass is 111 g/mol. The second-order valence-corrected chi connectivity index (χ2v) is 1.72. The zero-order chi connectivity index (χ0) is 5.21. The summed E-state index contributed by atoms with van der Waals surface area (Å²) in [5.74, 6) is 0. The van der Waals surface area contributed by atoms with Crippen LogP contribution in [0.2, 0.25) is 0 Å². The van der Waals surface area contributed by atoms with Crippen LogP contribution in [0.15, 0.2) is 0 Å². The molecule has 0 aromatic carbocycles. The smallest absolute Gasteiger partial charge is 0.250 e. The Morgan fingerprint density at radius 2 is 1.67 bits per heavy atom. The third-order valence-electron chi connectivity index (χ3n) is 0.204. The van der Waals surface area contributed by atoms with E-state index in [4.69, 9.17) is 0 Å². The zero-order valence-electron chi connectivity index (χ0n) is 3.04. The first-order valence-electron chi connectivity index (χ1n) is 1.07. The Labute approximate surface area is 35.7 Å². The van der Waals surface area contributed by atoms with Gasteiger partial charge >= 0.3 is 10.4 Å². The van der Waals surface area contributed by atoms with Gasteiger partial charge in [-0.1, -0.05) is 4.55 Å². The summed E-state index contributed by atoms with van der Waals surface area (Å²) >= 11 is 0. The average molecular weight is 111 g/mol. The normalized spacial score (nSPS) is 11.7. The quantitative estimate of drug-likeness (QED) is 0.449. The zero-order valence-corrected chi connectivity index (χ0v) is 3.86. The van der Waals surface area contributed by atoms with Crippen molar-refractivity contribution in [1.29, 1.82) is 0 Å². The van der Waals surface area contributed by atoms with Gasteiger partial charge < -0.3 is 0 Å². The van der Waals surface area contributed by atoms with Gasteiger partial charge in [-0.2, -0.15) is 8.42 Å². The van der Waals surface area contributed by atoms with Crippen LogP contribution in [0.1, 0.15) is 0 Å². The molecule has 0 aliphatic heterocycles. The van der Waals surface area contributed by atoms with Gasteiger partial charge in [0, 0.05) is 0 Å². The Hall–Kier alpha value is -0.130. The van der Waals surface area contributed by atoms with E-state index >= 15 is 0 Å². The van der Waals surface area contributed by atoms with Crippen LogP contribution >= 0.6 is 0 Å². The first kappa shape index (κ1) is 5.87. The van der Waals surface area contributed by atoms with Crippen molar-refractivity contribution in [1.82, 2.24) is 0 Å². The summed E-state index contributed by atoms with van der Waals surface area (Å²) in [5, 5.41) is 0. The minimum atomic E-state index is -4.41. The Kier molecular flexibility index (Phi) is 1.51. The Bertz CT molecular complexity index is 110. The summed E-state index contributed by atoms with van der Waals surface area (Å²) in [4.78, 5) is 0. The van der Waals surface area contributed by atoms with Gasteiger partial charge in [-0.25, -0.2) is 4.18 Å². The minimum Gasteiger partial charge on any atom is -0.250 e. The molecule has 0 rings (SSSR count). The van der Waals surface area contributed by atoms with Crippen molar-refractivity contribution in [2.45, 2.75) is 0 Å². The van der Waals surface area contributed by atoms with E-state index in [0.29, 0.717) is 0 Å². The molecule has 0 saturated carbocycles. The first-order valence-corrected chi connectivity index (χ1v) is 2.41. The summed E-state index contributed by atoms with van der Waals surface area (Å²) in [6.45, 7) is 0. The lowest BCUT2D eigenvalue weighted by molar-refractivity contribution is 0.288. The minimum absolute atomic E-state index is 0.808. The Balaban J connectivity index is 3.85. The Morgan fingerprint density at radius 1 is 1.50 bits per heavy atom. The predicted octanol–water partition coefficient (Wildman–Crippen LogP) is -0.692. The summed E-state index contributed by atoms with van der Waals surface area (Å²) in [6, 6.07) is 0. The Morgan fingerprint density at radius 3 is 1.67 bits per heavy atom. The van der Waals surface area contributed by atoms with E-state index < -0.39 is 10.4 Å². The van der Waals surface area contributed by atoms with Gasteiger partial charge in [-0.05, 0) is 0 Å². The average Bonchev–Trinajstić information content (AvgIpc) is 1.35. The van der Waals surface area contributed by atoms with E-state index in [-0.39, 0.29) is 0 Å². The molecule has 0 aromatic rings. The maximum Gasteiger partial charge on any atom is 0.427 e. The molecule has 6 heavy (non-hydrogen) atoms. The summed E-state index contributed by atoms with van der Waals surface area (Å²) < 4.78 is 31.0. The lowest BCUT2D eigenvalue weighted by Gasteiger charge is -1.78. The number of hydrogen-bond acceptors (Lipinski definition) is 3. The fraction of sp³-hybridized carbons (Fsp3) is 1.00. The molecule has 0 spiro atoms. The molecule has 0 unspecified atom stereocenters. The highest BCUT2D eigenvalue weighted by molar-refractivity contribution is 7.80. The molecule has 0 atom stereocenters. The van der Waals surface area contributed by atoms with Crippen LogP contribution in [0.4, 0.5) is 0 Å². The lowest BCUT2D eigenvalue weighted by Crippen LogP contribution is -1.94. The molecular formula is CH3O4S. The van der Waals surface area contributed by atoms with Crippen LogP contribution < -0.4 is 0 Å². The maximum atomic E-state index is 9.22. The maximum absolute atomic E-state index is 9.22. The number of hydrogen-bond donors (Lipinski definition) is 0. The first-order chi connectivity index (χ1) is 2.56. The van der Waals surface area contributed by atoms with E-state index in [1.54, 1.807) is 0 Å². The van der Waals surface area contributed by atoms with Gasteiger partial charge in [0.2, 0.25) is 0 Å². The van der Waals surface area contributed by atoms with Gasteiger partial charge in [-0.15, -0.1) is 0 Å². The third-order valence-corrected chi connectivity index (χ3v) is 0.612. The van der Waals surface area contributed by atoms with E-state index in [1.165, 1.54) is 0 Å². The highest BCUT2D eigenvalue weighted by atomic mass is 32.3. The fourth-order valence-corrected chi connectivity index (χ4v) is 0. The molecule has 0 aliphatic carbocycles. The highest BCUT2D eigenvalue weighted by Gasteiger charge is 1.97. The van der Waals surface area contributed by atoms with Crippen LogP contribution in [0.25, 0.3) is 0 Å². The summed E-state index contributed by atoms with van der Waals surface area (Å²) in [7, 11) is -3.60. The van der Waals surface area contributed by atoms with Crippen molar-refractivity contribution >= 4 is 10.4 Å². The third kappa shape index (κ3) is 3.87. The molecule has 0 bridgehead atoms. The van der Waals surface area contributed by atoms with E-state index in [1.807, 2.05) is 0 Å². The predicted molar refractivity (Wildman–Crippen MR) is 16.6 cm³/mol. The van der Waals surface area contributed by atoms with Crippen LogP contribution in [0.3, 0.4) is 0 Å². The van der Waals surface area contributed by atoms with Crippen molar-refractivity contribution in [3.05, 3.63) is 0 Å². The van der Waals surface area contributed by atoms with Gasteiger partial charge in [0.25, 0.3) is 0 Å². The van der Waals surface area contributed by atoms with E-state index in [2.05, 4.69) is 4.18 Å². The summed E-state index contributed by atoms with van der Waals surface area (Å²) in [5.41, 5.74) is 0. The molecule has 5 heteroatoms. The van der Waals surface area contributed by atoms with Crippen molar-refractivity contribution in [3.8, 4) is 0 Å². The van der Waals surface area contributed by atoms with Crippen molar-refractivity contribution in [3.63, 3.8) is 0 Å². The molecule has 0 aromatic heterocycles.